The van der Waals surface area contributed by atoms with E-state index in [-0.39, 0.29) is 10.8 Å². The first-order valence-corrected chi connectivity index (χ1v) is 10.9. The fourth-order valence-corrected chi connectivity index (χ4v) is 4.10. The highest BCUT2D eigenvalue weighted by Crippen LogP contribution is 2.25. The van der Waals surface area contributed by atoms with E-state index in [0.29, 0.717) is 22.7 Å². The Bertz CT molecular complexity index is 1120. The Hall–Kier alpha value is -3.32. The van der Waals surface area contributed by atoms with Gasteiger partial charge in [0.15, 0.2) is 0 Å². The quantitative estimate of drug-likeness (QED) is 0.612. The molecule has 1 amide bonds. The molecule has 6 nitrogen and oxygen atoms in total. The van der Waals surface area contributed by atoms with E-state index in [2.05, 4.69) is 12.2 Å². The number of benzene rings is 3. The SMILES string of the molecule is CCc1ccc(NC(=O)c2cccc(N(C)S(=O)(=O)c3ccc(OC)cc3)c2)cc1. The van der Waals surface area contributed by atoms with Gasteiger partial charge in [-0.2, -0.15) is 0 Å². The molecular weight excluding hydrogens is 400 g/mol. The van der Waals surface area contributed by atoms with Gasteiger partial charge in [0.05, 0.1) is 17.7 Å². The summed E-state index contributed by atoms with van der Waals surface area (Å²) in [5.41, 5.74) is 2.62. The van der Waals surface area contributed by atoms with Crippen LogP contribution >= 0.6 is 0 Å². The Morgan fingerprint density at radius 3 is 2.27 bits per heavy atom. The van der Waals surface area contributed by atoms with Gasteiger partial charge < -0.3 is 10.1 Å². The van der Waals surface area contributed by atoms with E-state index >= 15 is 0 Å². The van der Waals surface area contributed by atoms with Crippen LogP contribution in [0.15, 0.2) is 77.7 Å². The Balaban J connectivity index is 1.81. The average molecular weight is 425 g/mol. The van der Waals surface area contributed by atoms with Crippen LogP contribution in [0.5, 0.6) is 5.75 Å². The summed E-state index contributed by atoms with van der Waals surface area (Å²) in [4.78, 5) is 12.8. The lowest BCUT2D eigenvalue weighted by Crippen LogP contribution is -2.26. The van der Waals surface area contributed by atoms with E-state index in [1.165, 1.54) is 31.9 Å². The lowest BCUT2D eigenvalue weighted by atomic mass is 10.1. The van der Waals surface area contributed by atoms with E-state index in [1.807, 2.05) is 24.3 Å². The van der Waals surface area contributed by atoms with Gasteiger partial charge in [-0.15, -0.1) is 0 Å². The molecule has 156 valence electrons. The first kappa shape index (κ1) is 21.4. The van der Waals surface area contributed by atoms with Gasteiger partial charge in [0.2, 0.25) is 0 Å². The Labute approximate surface area is 177 Å². The van der Waals surface area contributed by atoms with Crippen LogP contribution in [0.4, 0.5) is 11.4 Å². The van der Waals surface area contributed by atoms with Gasteiger partial charge >= 0.3 is 0 Å². The number of carbonyl (C=O) groups excluding carboxylic acids is 1. The summed E-state index contributed by atoms with van der Waals surface area (Å²) < 4.78 is 32.1. The second-order valence-electron chi connectivity index (χ2n) is 6.70. The predicted molar refractivity (Wildman–Crippen MR) is 119 cm³/mol. The second kappa shape index (κ2) is 9.00. The molecule has 3 aromatic carbocycles. The highest BCUT2D eigenvalue weighted by atomic mass is 32.2. The number of carbonyl (C=O) groups is 1. The molecule has 0 radical (unpaired) electrons. The van der Waals surface area contributed by atoms with Crippen molar-refractivity contribution >= 4 is 27.3 Å². The van der Waals surface area contributed by atoms with Gasteiger partial charge in [0.25, 0.3) is 15.9 Å². The molecule has 7 heteroatoms. The van der Waals surface area contributed by atoms with Crippen LogP contribution < -0.4 is 14.4 Å². The minimum Gasteiger partial charge on any atom is -0.497 e. The van der Waals surface area contributed by atoms with E-state index in [0.717, 1.165) is 10.7 Å². The summed E-state index contributed by atoms with van der Waals surface area (Å²) in [5, 5.41) is 2.84. The topological polar surface area (TPSA) is 75.7 Å². The van der Waals surface area contributed by atoms with Crippen LogP contribution in [0.1, 0.15) is 22.8 Å². The number of amides is 1. The molecule has 0 saturated carbocycles. The second-order valence-corrected chi connectivity index (χ2v) is 8.67. The number of nitrogens with zero attached hydrogens (tertiary/aromatic N) is 1. The Kier molecular flexibility index (Phi) is 6.42. The Morgan fingerprint density at radius 2 is 1.67 bits per heavy atom. The lowest BCUT2D eigenvalue weighted by molar-refractivity contribution is 0.102. The van der Waals surface area contributed by atoms with Crippen LogP contribution in [-0.4, -0.2) is 28.5 Å². The molecular formula is C23H24N2O4S. The number of hydrogen-bond donors (Lipinski definition) is 1. The maximum absolute atomic E-state index is 12.9. The van der Waals surface area contributed by atoms with E-state index in [4.69, 9.17) is 4.74 Å². The first-order valence-electron chi connectivity index (χ1n) is 9.48. The third-order valence-corrected chi connectivity index (χ3v) is 6.61. The highest BCUT2D eigenvalue weighted by molar-refractivity contribution is 7.92. The maximum Gasteiger partial charge on any atom is 0.264 e. The number of hydrogen-bond acceptors (Lipinski definition) is 4. The van der Waals surface area contributed by atoms with Crippen molar-refractivity contribution in [2.24, 2.45) is 0 Å². The molecule has 0 bridgehead atoms. The maximum atomic E-state index is 12.9. The molecule has 0 unspecified atom stereocenters. The van der Waals surface area contributed by atoms with Crippen LogP contribution in [-0.2, 0) is 16.4 Å². The molecule has 0 aliphatic rings. The van der Waals surface area contributed by atoms with Gasteiger partial charge in [-0.05, 0) is 66.6 Å². The molecule has 0 heterocycles. The van der Waals surface area contributed by atoms with E-state index in [1.54, 1.807) is 36.4 Å². The van der Waals surface area contributed by atoms with Crippen molar-refractivity contribution < 1.29 is 17.9 Å². The van der Waals surface area contributed by atoms with Crippen molar-refractivity contribution in [3.05, 3.63) is 83.9 Å². The number of nitrogens with one attached hydrogen (secondary N) is 1. The third kappa shape index (κ3) is 4.63. The van der Waals surface area contributed by atoms with Crippen molar-refractivity contribution in [1.82, 2.24) is 0 Å². The van der Waals surface area contributed by atoms with Crippen molar-refractivity contribution in [3.8, 4) is 5.75 Å². The molecule has 0 fully saturated rings. The molecule has 0 aliphatic carbocycles. The normalized spacial score (nSPS) is 11.0. The van der Waals surface area contributed by atoms with Crippen molar-refractivity contribution in [3.63, 3.8) is 0 Å². The van der Waals surface area contributed by atoms with E-state index in [9.17, 15) is 13.2 Å². The van der Waals surface area contributed by atoms with Crippen molar-refractivity contribution in [2.45, 2.75) is 18.2 Å². The lowest BCUT2D eigenvalue weighted by Gasteiger charge is -2.20. The fourth-order valence-electron chi connectivity index (χ4n) is 2.91. The molecule has 1 N–H and O–H groups in total. The number of rotatable bonds is 7. The number of anilines is 2. The number of aryl methyl sites for hydroxylation is 1. The zero-order valence-corrected chi connectivity index (χ0v) is 17.9. The van der Waals surface area contributed by atoms with Gasteiger partial charge in [-0.1, -0.05) is 25.1 Å². The van der Waals surface area contributed by atoms with Crippen molar-refractivity contribution in [1.29, 1.82) is 0 Å². The van der Waals surface area contributed by atoms with Crippen LogP contribution in [0.25, 0.3) is 0 Å². The van der Waals surface area contributed by atoms with Gasteiger partial charge in [-0.25, -0.2) is 8.42 Å². The summed E-state index contributed by atoms with van der Waals surface area (Å²) in [6, 6.07) is 20.3. The smallest absolute Gasteiger partial charge is 0.264 e. The minimum atomic E-state index is -3.78. The van der Waals surface area contributed by atoms with Crippen LogP contribution in [0.3, 0.4) is 0 Å². The largest absolute Gasteiger partial charge is 0.497 e. The molecule has 3 aromatic rings. The van der Waals surface area contributed by atoms with Gasteiger partial charge in [0, 0.05) is 18.3 Å². The predicted octanol–water partition coefficient (Wildman–Crippen LogP) is 4.34. The zero-order valence-electron chi connectivity index (χ0n) is 17.1. The molecule has 3 rings (SSSR count). The highest BCUT2D eigenvalue weighted by Gasteiger charge is 2.22. The first-order chi connectivity index (χ1) is 14.3. The summed E-state index contributed by atoms with van der Waals surface area (Å²) >= 11 is 0. The van der Waals surface area contributed by atoms with Gasteiger partial charge in [0.1, 0.15) is 5.75 Å². The Morgan fingerprint density at radius 1 is 1.00 bits per heavy atom. The summed E-state index contributed by atoms with van der Waals surface area (Å²) in [6.45, 7) is 2.07. The molecule has 0 aliphatic heterocycles. The fraction of sp³-hybridized carbons (Fsp3) is 0.174. The number of sulfonamides is 1. The third-order valence-electron chi connectivity index (χ3n) is 4.81. The molecule has 0 aromatic heterocycles. The molecule has 0 spiro atoms. The molecule has 30 heavy (non-hydrogen) atoms. The standard InChI is InChI=1S/C23H24N2O4S/c1-4-17-8-10-19(11-9-17)24-23(26)18-6-5-7-20(16-18)25(2)30(27,28)22-14-12-21(29-3)13-15-22/h5-16H,4H2,1-3H3,(H,24,26). The van der Waals surface area contributed by atoms with E-state index < -0.39 is 10.0 Å². The summed E-state index contributed by atoms with van der Waals surface area (Å²) in [5.74, 6) is 0.263. The molecule has 0 atom stereocenters. The van der Waals surface area contributed by atoms with Crippen LogP contribution in [0, 0.1) is 0 Å². The average Bonchev–Trinajstić information content (AvgIpc) is 2.79. The number of ether oxygens (including phenoxy) is 1. The molecule has 0 saturated heterocycles. The minimum absolute atomic E-state index is 0.136. The summed E-state index contributed by atoms with van der Waals surface area (Å²) in [7, 11) is -0.803. The monoisotopic (exact) mass is 424 g/mol. The summed E-state index contributed by atoms with van der Waals surface area (Å²) in [6.07, 6.45) is 0.922. The van der Waals surface area contributed by atoms with Gasteiger partial charge in [-0.3, -0.25) is 9.10 Å². The number of methoxy groups -OCH3 is 1. The van der Waals surface area contributed by atoms with Crippen molar-refractivity contribution in [2.75, 3.05) is 23.8 Å². The zero-order chi connectivity index (χ0) is 21.7. The van der Waals surface area contributed by atoms with Crippen LogP contribution in [0.2, 0.25) is 0 Å².